The summed E-state index contributed by atoms with van der Waals surface area (Å²) >= 11 is 0. The Kier molecular flexibility index (Phi) is 4.43. The van der Waals surface area contributed by atoms with Gasteiger partial charge in [0.2, 0.25) is 5.91 Å². The molecule has 2 unspecified atom stereocenters. The molecule has 9 heteroatoms. The number of rotatable bonds is 3. The van der Waals surface area contributed by atoms with Crippen LogP contribution in [-0.2, 0) is 22.3 Å². The first-order chi connectivity index (χ1) is 10.2. The number of carboxylic acids is 1. The molecule has 1 aliphatic rings. The van der Waals surface area contributed by atoms with Gasteiger partial charge >= 0.3 is 12.1 Å². The van der Waals surface area contributed by atoms with Crippen LogP contribution in [0, 0.1) is 5.92 Å². The fraction of sp³-hybridized carbons (Fsp3) is 0.615. The summed E-state index contributed by atoms with van der Waals surface area (Å²) in [5.41, 5.74) is -1.08. The number of nitrogens with zero attached hydrogens (tertiary/aromatic N) is 3. The van der Waals surface area contributed by atoms with Crippen molar-refractivity contribution in [1.29, 1.82) is 0 Å². The lowest BCUT2D eigenvalue weighted by molar-refractivity contribution is -0.153. The fourth-order valence-corrected chi connectivity index (χ4v) is 2.50. The van der Waals surface area contributed by atoms with Crippen LogP contribution in [0.15, 0.2) is 12.3 Å². The van der Waals surface area contributed by atoms with Crippen molar-refractivity contribution in [3.8, 4) is 0 Å². The van der Waals surface area contributed by atoms with Crippen molar-refractivity contribution in [2.24, 2.45) is 5.92 Å². The predicted octanol–water partition coefficient (Wildman–Crippen LogP) is 1.61. The van der Waals surface area contributed by atoms with Gasteiger partial charge in [0.25, 0.3) is 0 Å². The zero-order chi connectivity index (χ0) is 16.5. The molecule has 1 aromatic rings. The molecular formula is C13H16F3N3O3. The van der Waals surface area contributed by atoms with Crippen molar-refractivity contribution in [1.82, 2.24) is 14.7 Å². The van der Waals surface area contributed by atoms with Gasteiger partial charge in [0, 0.05) is 12.7 Å². The molecule has 0 aliphatic carbocycles. The summed E-state index contributed by atoms with van der Waals surface area (Å²) in [4.78, 5) is 24.6. The molecule has 1 N–H and O–H groups in total. The molecule has 1 amide bonds. The van der Waals surface area contributed by atoms with Gasteiger partial charge in [0.1, 0.15) is 12.6 Å². The largest absolute Gasteiger partial charge is 0.480 e. The first-order valence-corrected chi connectivity index (χ1v) is 6.81. The Hall–Kier alpha value is -2.06. The molecule has 0 saturated carbocycles. The summed E-state index contributed by atoms with van der Waals surface area (Å²) in [6.07, 6.45) is -2.50. The fourth-order valence-electron chi connectivity index (χ4n) is 2.50. The van der Waals surface area contributed by atoms with Gasteiger partial charge in [-0.1, -0.05) is 6.92 Å². The summed E-state index contributed by atoms with van der Waals surface area (Å²) in [5.74, 6) is -1.46. The van der Waals surface area contributed by atoms with E-state index in [0.29, 0.717) is 12.8 Å². The lowest BCUT2D eigenvalue weighted by atomic mass is 9.92. The number of amides is 1. The standard InChI is InChI=1S/C13H16F3N3O3/c1-8-2-5-19(9(6-8)12(21)22)11(20)7-18-4-3-10(17-18)13(14,15)16/h3-4,8-9H,2,5-7H2,1H3,(H,21,22). The number of hydrogen-bond donors (Lipinski definition) is 1. The van der Waals surface area contributed by atoms with E-state index in [1.807, 2.05) is 6.92 Å². The molecule has 1 aromatic heterocycles. The third-order valence-corrected chi connectivity index (χ3v) is 3.70. The summed E-state index contributed by atoms with van der Waals surface area (Å²) in [7, 11) is 0. The van der Waals surface area contributed by atoms with Crippen LogP contribution >= 0.6 is 0 Å². The van der Waals surface area contributed by atoms with Gasteiger partial charge in [-0.2, -0.15) is 18.3 Å². The van der Waals surface area contributed by atoms with E-state index < -0.39 is 36.3 Å². The zero-order valence-corrected chi connectivity index (χ0v) is 11.9. The van der Waals surface area contributed by atoms with Crippen LogP contribution in [0.2, 0.25) is 0 Å². The van der Waals surface area contributed by atoms with Crippen LogP contribution in [-0.4, -0.2) is 44.3 Å². The minimum Gasteiger partial charge on any atom is -0.480 e. The first kappa shape index (κ1) is 16.3. The molecule has 2 heterocycles. The Bertz CT molecular complexity index is 570. The number of likely N-dealkylation sites (tertiary alicyclic amines) is 1. The molecule has 0 bridgehead atoms. The molecule has 2 rings (SSSR count). The third kappa shape index (κ3) is 3.58. The van der Waals surface area contributed by atoms with E-state index >= 15 is 0 Å². The van der Waals surface area contributed by atoms with Crippen molar-refractivity contribution in [3.05, 3.63) is 18.0 Å². The molecule has 0 spiro atoms. The van der Waals surface area contributed by atoms with Gasteiger partial charge in [-0.15, -0.1) is 0 Å². The average Bonchev–Trinajstić information content (AvgIpc) is 2.86. The maximum absolute atomic E-state index is 12.5. The number of piperidine rings is 1. The average molecular weight is 319 g/mol. The molecule has 122 valence electrons. The molecule has 6 nitrogen and oxygen atoms in total. The lowest BCUT2D eigenvalue weighted by Gasteiger charge is -2.36. The van der Waals surface area contributed by atoms with Crippen molar-refractivity contribution in [2.75, 3.05) is 6.54 Å². The van der Waals surface area contributed by atoms with E-state index in [0.717, 1.165) is 16.9 Å². The number of carbonyl (C=O) groups excluding carboxylic acids is 1. The topological polar surface area (TPSA) is 75.4 Å². The number of alkyl halides is 3. The second-order valence-corrected chi connectivity index (χ2v) is 5.47. The molecule has 1 aliphatic heterocycles. The highest BCUT2D eigenvalue weighted by Crippen LogP contribution is 2.27. The van der Waals surface area contributed by atoms with Crippen LogP contribution in [0.5, 0.6) is 0 Å². The van der Waals surface area contributed by atoms with Gasteiger partial charge in [-0.3, -0.25) is 9.48 Å². The Morgan fingerprint density at radius 3 is 2.68 bits per heavy atom. The van der Waals surface area contributed by atoms with Gasteiger partial charge < -0.3 is 10.0 Å². The van der Waals surface area contributed by atoms with Crippen molar-refractivity contribution in [3.63, 3.8) is 0 Å². The number of carboxylic acid groups (broad SMARTS) is 1. The van der Waals surface area contributed by atoms with Crippen LogP contribution in [0.25, 0.3) is 0 Å². The van der Waals surface area contributed by atoms with Gasteiger partial charge in [0.05, 0.1) is 0 Å². The number of aliphatic carboxylic acids is 1. The summed E-state index contributed by atoms with van der Waals surface area (Å²) in [5, 5.41) is 12.5. The highest BCUT2D eigenvalue weighted by molar-refractivity contribution is 5.83. The Morgan fingerprint density at radius 1 is 1.45 bits per heavy atom. The van der Waals surface area contributed by atoms with E-state index in [1.54, 1.807) is 0 Å². The molecule has 0 radical (unpaired) electrons. The minimum absolute atomic E-state index is 0.187. The SMILES string of the molecule is CC1CCN(C(=O)Cn2ccc(C(F)(F)F)n2)C(C(=O)O)C1. The predicted molar refractivity (Wildman–Crippen MR) is 68.8 cm³/mol. The van der Waals surface area contributed by atoms with Crippen LogP contribution < -0.4 is 0 Å². The summed E-state index contributed by atoms with van der Waals surface area (Å²) in [6.45, 7) is 1.78. The van der Waals surface area contributed by atoms with Gasteiger partial charge in [-0.05, 0) is 24.8 Å². The van der Waals surface area contributed by atoms with Crippen LogP contribution in [0.3, 0.4) is 0 Å². The molecular weight excluding hydrogens is 303 g/mol. The summed E-state index contributed by atoms with van der Waals surface area (Å²) in [6, 6.07) is -0.158. The molecule has 1 fully saturated rings. The van der Waals surface area contributed by atoms with E-state index in [9.17, 15) is 27.9 Å². The van der Waals surface area contributed by atoms with E-state index in [4.69, 9.17) is 0 Å². The maximum atomic E-state index is 12.5. The lowest BCUT2D eigenvalue weighted by Crippen LogP contribution is -2.50. The minimum atomic E-state index is -4.57. The van der Waals surface area contributed by atoms with E-state index in [1.165, 1.54) is 4.90 Å². The number of carbonyl (C=O) groups is 2. The van der Waals surface area contributed by atoms with Crippen molar-refractivity contribution < 1.29 is 27.9 Å². The Morgan fingerprint density at radius 2 is 2.14 bits per heavy atom. The maximum Gasteiger partial charge on any atom is 0.435 e. The summed E-state index contributed by atoms with van der Waals surface area (Å²) < 4.78 is 38.2. The second-order valence-electron chi connectivity index (χ2n) is 5.47. The van der Waals surface area contributed by atoms with Gasteiger partial charge in [0.15, 0.2) is 5.69 Å². The third-order valence-electron chi connectivity index (χ3n) is 3.70. The smallest absolute Gasteiger partial charge is 0.435 e. The van der Waals surface area contributed by atoms with Crippen LogP contribution in [0.4, 0.5) is 13.2 Å². The molecule has 1 saturated heterocycles. The van der Waals surface area contributed by atoms with Crippen molar-refractivity contribution >= 4 is 11.9 Å². The number of hydrogen-bond acceptors (Lipinski definition) is 3. The van der Waals surface area contributed by atoms with Crippen molar-refractivity contribution in [2.45, 2.75) is 38.5 Å². The Labute approximate surface area is 124 Å². The number of aromatic nitrogens is 2. The zero-order valence-electron chi connectivity index (χ0n) is 11.9. The van der Waals surface area contributed by atoms with Crippen LogP contribution in [0.1, 0.15) is 25.5 Å². The number of halogens is 3. The van der Waals surface area contributed by atoms with E-state index in [-0.39, 0.29) is 12.5 Å². The van der Waals surface area contributed by atoms with Gasteiger partial charge in [-0.25, -0.2) is 4.79 Å². The quantitative estimate of drug-likeness (QED) is 0.918. The molecule has 22 heavy (non-hydrogen) atoms. The highest BCUT2D eigenvalue weighted by Gasteiger charge is 2.36. The highest BCUT2D eigenvalue weighted by atomic mass is 19.4. The van der Waals surface area contributed by atoms with E-state index in [2.05, 4.69) is 5.10 Å². The molecule has 2 atom stereocenters. The monoisotopic (exact) mass is 319 g/mol. The first-order valence-electron chi connectivity index (χ1n) is 6.81. The molecule has 0 aromatic carbocycles. The Balaban J connectivity index is 2.07. The second kappa shape index (κ2) is 5.98. The normalized spacial score (nSPS) is 22.6.